The normalized spacial score (nSPS) is 10.5. The van der Waals surface area contributed by atoms with Gasteiger partial charge in [-0.15, -0.1) is 11.8 Å². The van der Waals surface area contributed by atoms with Crippen LogP contribution in [0.1, 0.15) is 0 Å². The molecular weight excluding hydrogens is 234 g/mol. The van der Waals surface area contributed by atoms with E-state index < -0.39 is 0 Å². The highest BCUT2D eigenvalue weighted by atomic mass is 35.5. The van der Waals surface area contributed by atoms with E-state index in [1.165, 1.54) is 0 Å². The zero-order chi connectivity index (χ0) is 11.1. The molecule has 0 fully saturated rings. The lowest BCUT2D eigenvalue weighted by molar-refractivity contribution is 0.103. The molecule has 0 atom stereocenters. The number of benzene rings is 1. The van der Waals surface area contributed by atoms with Crippen LogP contribution in [0, 0.1) is 0 Å². The SMILES string of the molecule is Nc1ccc(SCCOCCO)c(Cl)c1. The van der Waals surface area contributed by atoms with Gasteiger partial charge in [0.05, 0.1) is 24.8 Å². The van der Waals surface area contributed by atoms with Gasteiger partial charge in [-0.1, -0.05) is 11.6 Å². The quantitative estimate of drug-likeness (QED) is 0.459. The molecule has 0 saturated heterocycles. The molecule has 0 aliphatic carbocycles. The molecule has 0 unspecified atom stereocenters. The van der Waals surface area contributed by atoms with E-state index in [0.717, 1.165) is 10.6 Å². The van der Waals surface area contributed by atoms with Gasteiger partial charge in [0.25, 0.3) is 0 Å². The summed E-state index contributed by atoms with van der Waals surface area (Å²) in [5.74, 6) is 0.809. The number of ether oxygens (including phenoxy) is 1. The Balaban J connectivity index is 2.31. The first-order valence-electron chi connectivity index (χ1n) is 4.60. The van der Waals surface area contributed by atoms with Crippen LogP contribution in [0.4, 0.5) is 5.69 Å². The Morgan fingerprint density at radius 3 is 2.87 bits per heavy atom. The van der Waals surface area contributed by atoms with Crippen LogP contribution in [-0.2, 0) is 4.74 Å². The number of nitrogen functional groups attached to an aromatic ring is 1. The molecule has 15 heavy (non-hydrogen) atoms. The number of hydrogen-bond acceptors (Lipinski definition) is 4. The minimum Gasteiger partial charge on any atom is -0.399 e. The van der Waals surface area contributed by atoms with E-state index in [1.54, 1.807) is 17.8 Å². The molecule has 0 saturated carbocycles. The van der Waals surface area contributed by atoms with E-state index in [9.17, 15) is 0 Å². The molecule has 0 aromatic heterocycles. The van der Waals surface area contributed by atoms with Gasteiger partial charge in [-0.2, -0.15) is 0 Å². The molecule has 3 N–H and O–H groups in total. The molecule has 1 rings (SSSR count). The third-order valence-corrected chi connectivity index (χ3v) is 3.14. The highest BCUT2D eigenvalue weighted by molar-refractivity contribution is 7.99. The summed E-state index contributed by atoms with van der Waals surface area (Å²) in [5.41, 5.74) is 6.24. The lowest BCUT2D eigenvalue weighted by Gasteiger charge is -2.05. The van der Waals surface area contributed by atoms with E-state index in [4.69, 9.17) is 27.2 Å². The van der Waals surface area contributed by atoms with E-state index in [-0.39, 0.29) is 6.61 Å². The van der Waals surface area contributed by atoms with Gasteiger partial charge in [0.15, 0.2) is 0 Å². The maximum atomic E-state index is 8.49. The van der Waals surface area contributed by atoms with Gasteiger partial charge < -0.3 is 15.6 Å². The predicted octanol–water partition coefficient (Wildman–Crippen LogP) is 2.02. The Morgan fingerprint density at radius 1 is 1.40 bits per heavy atom. The van der Waals surface area contributed by atoms with Gasteiger partial charge in [0.2, 0.25) is 0 Å². The van der Waals surface area contributed by atoms with Crippen molar-refractivity contribution in [3.8, 4) is 0 Å². The summed E-state index contributed by atoms with van der Waals surface area (Å²) in [6.07, 6.45) is 0. The second-order valence-electron chi connectivity index (χ2n) is 2.87. The maximum absolute atomic E-state index is 8.49. The van der Waals surface area contributed by atoms with Crippen molar-refractivity contribution in [1.82, 2.24) is 0 Å². The summed E-state index contributed by atoms with van der Waals surface area (Å²) in [6.45, 7) is 1.05. The fraction of sp³-hybridized carbons (Fsp3) is 0.400. The third-order valence-electron chi connectivity index (χ3n) is 1.68. The Hall–Kier alpha value is -0.420. The molecule has 1 aromatic rings. The van der Waals surface area contributed by atoms with Crippen molar-refractivity contribution in [2.45, 2.75) is 4.90 Å². The number of rotatable bonds is 6. The number of anilines is 1. The third kappa shape index (κ3) is 4.75. The zero-order valence-electron chi connectivity index (χ0n) is 8.28. The lowest BCUT2D eigenvalue weighted by atomic mass is 10.3. The molecule has 0 bridgehead atoms. The summed E-state index contributed by atoms with van der Waals surface area (Å²) in [5, 5.41) is 9.16. The molecule has 0 aliphatic heterocycles. The topological polar surface area (TPSA) is 55.5 Å². The number of aliphatic hydroxyl groups excluding tert-OH is 1. The van der Waals surface area contributed by atoms with Gasteiger partial charge >= 0.3 is 0 Å². The van der Waals surface area contributed by atoms with Crippen LogP contribution >= 0.6 is 23.4 Å². The van der Waals surface area contributed by atoms with Crippen molar-refractivity contribution in [3.05, 3.63) is 23.2 Å². The lowest BCUT2D eigenvalue weighted by Crippen LogP contribution is -2.02. The number of hydrogen-bond donors (Lipinski definition) is 2. The van der Waals surface area contributed by atoms with Crippen molar-refractivity contribution in [2.75, 3.05) is 31.3 Å². The molecule has 0 spiro atoms. The fourth-order valence-electron chi connectivity index (χ4n) is 1.01. The molecule has 0 heterocycles. The van der Waals surface area contributed by atoms with Crippen molar-refractivity contribution in [1.29, 1.82) is 0 Å². The highest BCUT2D eigenvalue weighted by Crippen LogP contribution is 2.28. The predicted molar refractivity (Wildman–Crippen MR) is 64.5 cm³/mol. The maximum Gasteiger partial charge on any atom is 0.0698 e. The monoisotopic (exact) mass is 247 g/mol. The van der Waals surface area contributed by atoms with Gasteiger partial charge in [-0.25, -0.2) is 0 Å². The molecule has 0 aliphatic rings. The number of halogens is 1. The van der Waals surface area contributed by atoms with Crippen LogP contribution in [0.5, 0.6) is 0 Å². The highest BCUT2D eigenvalue weighted by Gasteiger charge is 2.00. The van der Waals surface area contributed by atoms with Crippen molar-refractivity contribution in [3.63, 3.8) is 0 Å². The Morgan fingerprint density at radius 2 is 2.20 bits per heavy atom. The largest absolute Gasteiger partial charge is 0.399 e. The zero-order valence-corrected chi connectivity index (χ0v) is 9.85. The first kappa shape index (κ1) is 12.6. The first-order chi connectivity index (χ1) is 7.24. The minimum absolute atomic E-state index is 0.0628. The van der Waals surface area contributed by atoms with E-state index in [1.807, 2.05) is 12.1 Å². The molecule has 0 amide bonds. The van der Waals surface area contributed by atoms with E-state index in [2.05, 4.69) is 0 Å². The Labute approximate surface area is 98.6 Å². The molecule has 1 aromatic carbocycles. The average molecular weight is 248 g/mol. The Bertz CT molecular complexity index is 309. The van der Waals surface area contributed by atoms with Crippen molar-refractivity contribution >= 4 is 29.1 Å². The van der Waals surface area contributed by atoms with Crippen LogP contribution in [0.15, 0.2) is 23.1 Å². The second-order valence-corrected chi connectivity index (χ2v) is 4.42. The smallest absolute Gasteiger partial charge is 0.0698 e. The van der Waals surface area contributed by atoms with E-state index in [0.29, 0.717) is 23.9 Å². The van der Waals surface area contributed by atoms with Crippen molar-refractivity contribution < 1.29 is 9.84 Å². The molecule has 3 nitrogen and oxygen atoms in total. The van der Waals surface area contributed by atoms with Crippen LogP contribution in [0.2, 0.25) is 5.02 Å². The van der Waals surface area contributed by atoms with Crippen LogP contribution in [0.25, 0.3) is 0 Å². The minimum atomic E-state index is 0.0628. The van der Waals surface area contributed by atoms with E-state index >= 15 is 0 Å². The molecule has 0 radical (unpaired) electrons. The molecule has 84 valence electrons. The van der Waals surface area contributed by atoms with Gasteiger partial charge in [0, 0.05) is 16.3 Å². The van der Waals surface area contributed by atoms with Crippen LogP contribution in [-0.4, -0.2) is 30.7 Å². The number of thioether (sulfide) groups is 1. The van der Waals surface area contributed by atoms with Gasteiger partial charge in [-0.3, -0.25) is 0 Å². The standard InChI is InChI=1S/C10H14ClNO2S/c11-9-7-8(12)1-2-10(9)15-6-5-14-4-3-13/h1-2,7,13H,3-6,12H2. The summed E-state index contributed by atoms with van der Waals surface area (Å²) in [7, 11) is 0. The second kappa shape index (κ2) is 6.95. The first-order valence-corrected chi connectivity index (χ1v) is 5.97. The molecular formula is C10H14ClNO2S. The van der Waals surface area contributed by atoms with Crippen molar-refractivity contribution in [2.24, 2.45) is 0 Å². The fourth-order valence-corrected chi connectivity index (χ4v) is 2.15. The van der Waals surface area contributed by atoms with Gasteiger partial charge in [0.1, 0.15) is 0 Å². The van der Waals surface area contributed by atoms with Gasteiger partial charge in [-0.05, 0) is 18.2 Å². The average Bonchev–Trinajstić information content (AvgIpc) is 2.20. The van der Waals surface area contributed by atoms with Crippen LogP contribution in [0.3, 0.4) is 0 Å². The summed E-state index contributed by atoms with van der Waals surface area (Å²) >= 11 is 7.60. The number of nitrogens with two attached hydrogens (primary N) is 1. The molecule has 5 heteroatoms. The summed E-state index contributed by atoms with van der Waals surface area (Å²) in [4.78, 5) is 0.999. The summed E-state index contributed by atoms with van der Waals surface area (Å²) < 4.78 is 5.13. The Kier molecular flexibility index (Phi) is 5.86. The van der Waals surface area contributed by atoms with Crippen LogP contribution < -0.4 is 5.73 Å². The number of aliphatic hydroxyl groups is 1. The summed E-state index contributed by atoms with van der Waals surface area (Å²) in [6, 6.07) is 5.45.